The van der Waals surface area contributed by atoms with Crippen molar-refractivity contribution in [1.82, 2.24) is 25.3 Å². The first-order valence-electron chi connectivity index (χ1n) is 5.10. The Morgan fingerprint density at radius 1 is 1.19 bits per heavy atom. The predicted octanol–water partition coefficient (Wildman–Crippen LogP) is 1.12. The Morgan fingerprint density at radius 3 is 2.81 bits per heavy atom. The molecule has 1 atom stereocenters. The lowest BCUT2D eigenvalue weighted by Gasteiger charge is -2.11. The highest BCUT2D eigenvalue weighted by molar-refractivity contribution is 5.03. The van der Waals surface area contributed by atoms with Gasteiger partial charge in [0.2, 0.25) is 0 Å². The molecule has 0 aliphatic rings. The van der Waals surface area contributed by atoms with E-state index in [0.29, 0.717) is 6.54 Å². The summed E-state index contributed by atoms with van der Waals surface area (Å²) in [7, 11) is 0. The zero-order valence-corrected chi connectivity index (χ0v) is 9.04. The molecule has 16 heavy (non-hydrogen) atoms. The van der Waals surface area contributed by atoms with E-state index in [1.165, 1.54) is 0 Å². The maximum Gasteiger partial charge on any atom is 0.115 e. The van der Waals surface area contributed by atoms with E-state index < -0.39 is 0 Å². The highest BCUT2D eigenvalue weighted by Gasteiger charge is 2.05. The van der Waals surface area contributed by atoms with E-state index >= 15 is 0 Å². The van der Waals surface area contributed by atoms with Crippen LogP contribution in [-0.4, -0.2) is 19.9 Å². The highest BCUT2D eigenvalue weighted by atomic mass is 15.0. The zero-order chi connectivity index (χ0) is 11.2. The smallest absolute Gasteiger partial charge is 0.115 e. The number of aromatic nitrogens is 4. The SMILES string of the molecule is CC(NCc1ccncn1)c1cnccn1. The highest BCUT2D eigenvalue weighted by Crippen LogP contribution is 2.07. The van der Waals surface area contributed by atoms with Crippen molar-refractivity contribution in [3.8, 4) is 0 Å². The predicted molar refractivity (Wildman–Crippen MR) is 59.3 cm³/mol. The third kappa shape index (κ3) is 2.80. The van der Waals surface area contributed by atoms with Crippen molar-refractivity contribution < 1.29 is 0 Å². The van der Waals surface area contributed by atoms with Gasteiger partial charge in [-0.05, 0) is 13.0 Å². The fourth-order valence-corrected chi connectivity index (χ4v) is 1.32. The Balaban J connectivity index is 1.92. The summed E-state index contributed by atoms with van der Waals surface area (Å²) in [6.45, 7) is 2.74. The summed E-state index contributed by atoms with van der Waals surface area (Å²) in [6, 6.07) is 2.04. The van der Waals surface area contributed by atoms with Crippen molar-refractivity contribution in [2.45, 2.75) is 19.5 Å². The van der Waals surface area contributed by atoms with Crippen LogP contribution in [0.25, 0.3) is 0 Å². The average Bonchev–Trinajstić information content (AvgIpc) is 2.38. The lowest BCUT2D eigenvalue weighted by atomic mass is 10.2. The van der Waals surface area contributed by atoms with Crippen LogP contribution in [0.4, 0.5) is 0 Å². The molecule has 1 N–H and O–H groups in total. The molecule has 0 amide bonds. The summed E-state index contributed by atoms with van der Waals surface area (Å²) in [5, 5.41) is 3.32. The summed E-state index contributed by atoms with van der Waals surface area (Å²) in [4.78, 5) is 16.3. The maximum absolute atomic E-state index is 4.23. The Labute approximate surface area is 94.0 Å². The second-order valence-electron chi connectivity index (χ2n) is 3.43. The quantitative estimate of drug-likeness (QED) is 0.828. The number of nitrogens with one attached hydrogen (secondary N) is 1. The summed E-state index contributed by atoms with van der Waals surface area (Å²) in [5.74, 6) is 0. The van der Waals surface area contributed by atoms with Crippen LogP contribution in [0.15, 0.2) is 37.2 Å². The first kappa shape index (κ1) is 10.6. The van der Waals surface area contributed by atoms with Crippen molar-refractivity contribution in [2.24, 2.45) is 0 Å². The van der Waals surface area contributed by atoms with Crippen molar-refractivity contribution in [1.29, 1.82) is 0 Å². The standard InChI is InChI=1S/C11H13N5/c1-9(11-7-12-4-5-14-11)15-6-10-2-3-13-8-16-10/h2-5,7-9,15H,6H2,1H3. The number of rotatable bonds is 4. The van der Waals surface area contributed by atoms with Crippen LogP contribution in [0.5, 0.6) is 0 Å². The second-order valence-corrected chi connectivity index (χ2v) is 3.43. The van der Waals surface area contributed by atoms with E-state index in [0.717, 1.165) is 11.4 Å². The van der Waals surface area contributed by atoms with Gasteiger partial charge in [0.15, 0.2) is 0 Å². The van der Waals surface area contributed by atoms with Gasteiger partial charge in [0.25, 0.3) is 0 Å². The van der Waals surface area contributed by atoms with Gasteiger partial charge in [-0.2, -0.15) is 0 Å². The van der Waals surface area contributed by atoms with Crippen LogP contribution in [0.2, 0.25) is 0 Å². The minimum atomic E-state index is 0.156. The van der Waals surface area contributed by atoms with Gasteiger partial charge < -0.3 is 5.32 Å². The molecular formula is C11H13N5. The molecule has 0 spiro atoms. The van der Waals surface area contributed by atoms with Gasteiger partial charge >= 0.3 is 0 Å². The van der Waals surface area contributed by atoms with E-state index in [-0.39, 0.29) is 6.04 Å². The van der Waals surface area contributed by atoms with Crippen LogP contribution in [0.1, 0.15) is 24.4 Å². The summed E-state index contributed by atoms with van der Waals surface area (Å²) in [5.41, 5.74) is 1.89. The summed E-state index contributed by atoms with van der Waals surface area (Å²) >= 11 is 0. The molecule has 0 saturated carbocycles. The minimum absolute atomic E-state index is 0.156. The topological polar surface area (TPSA) is 63.6 Å². The molecule has 0 radical (unpaired) electrons. The molecule has 5 nitrogen and oxygen atoms in total. The van der Waals surface area contributed by atoms with Gasteiger partial charge in [0.1, 0.15) is 6.33 Å². The fraction of sp³-hybridized carbons (Fsp3) is 0.273. The fourth-order valence-electron chi connectivity index (χ4n) is 1.32. The van der Waals surface area contributed by atoms with Crippen LogP contribution >= 0.6 is 0 Å². The molecule has 0 saturated heterocycles. The Morgan fingerprint density at radius 2 is 2.12 bits per heavy atom. The third-order valence-corrected chi connectivity index (χ3v) is 2.26. The molecule has 1 unspecified atom stereocenters. The van der Waals surface area contributed by atoms with Crippen molar-refractivity contribution in [3.63, 3.8) is 0 Å². The molecule has 82 valence electrons. The van der Waals surface area contributed by atoms with E-state index in [9.17, 15) is 0 Å². The molecule has 2 heterocycles. The third-order valence-electron chi connectivity index (χ3n) is 2.26. The summed E-state index contributed by atoms with van der Waals surface area (Å²) < 4.78 is 0. The van der Waals surface area contributed by atoms with E-state index in [1.807, 2.05) is 13.0 Å². The van der Waals surface area contributed by atoms with E-state index in [2.05, 4.69) is 25.3 Å². The molecule has 0 bridgehead atoms. The maximum atomic E-state index is 4.23. The monoisotopic (exact) mass is 215 g/mol. The van der Waals surface area contributed by atoms with E-state index in [1.54, 1.807) is 31.1 Å². The summed E-state index contributed by atoms with van der Waals surface area (Å²) in [6.07, 6.45) is 8.40. The van der Waals surface area contributed by atoms with Crippen molar-refractivity contribution in [2.75, 3.05) is 0 Å². The first-order chi connectivity index (χ1) is 7.86. The molecule has 0 aliphatic carbocycles. The molecule has 0 aliphatic heterocycles. The molecular weight excluding hydrogens is 202 g/mol. The van der Waals surface area contributed by atoms with Gasteiger partial charge in [-0.15, -0.1) is 0 Å². The Kier molecular flexibility index (Phi) is 3.50. The van der Waals surface area contributed by atoms with Crippen LogP contribution in [0.3, 0.4) is 0 Å². The molecule has 2 rings (SSSR count). The second kappa shape index (κ2) is 5.27. The Hall–Kier alpha value is -1.88. The van der Waals surface area contributed by atoms with Gasteiger partial charge in [0.05, 0.1) is 11.4 Å². The number of hydrogen-bond donors (Lipinski definition) is 1. The van der Waals surface area contributed by atoms with Gasteiger partial charge in [-0.3, -0.25) is 9.97 Å². The Bertz CT molecular complexity index is 417. The number of nitrogens with zero attached hydrogens (tertiary/aromatic N) is 4. The lowest BCUT2D eigenvalue weighted by molar-refractivity contribution is 0.552. The van der Waals surface area contributed by atoms with Gasteiger partial charge in [-0.25, -0.2) is 9.97 Å². The first-order valence-corrected chi connectivity index (χ1v) is 5.10. The largest absolute Gasteiger partial charge is 0.303 e. The van der Waals surface area contributed by atoms with Crippen molar-refractivity contribution >= 4 is 0 Å². The lowest BCUT2D eigenvalue weighted by Crippen LogP contribution is -2.19. The van der Waals surface area contributed by atoms with Crippen LogP contribution in [-0.2, 0) is 6.54 Å². The van der Waals surface area contributed by atoms with Crippen LogP contribution in [0, 0.1) is 0 Å². The molecule has 2 aromatic rings. The van der Waals surface area contributed by atoms with Gasteiger partial charge in [0, 0.05) is 37.4 Å². The van der Waals surface area contributed by atoms with Crippen LogP contribution < -0.4 is 5.32 Å². The molecule has 0 aromatic carbocycles. The zero-order valence-electron chi connectivity index (χ0n) is 9.04. The molecule has 5 heteroatoms. The van der Waals surface area contributed by atoms with Crippen molar-refractivity contribution in [3.05, 3.63) is 48.6 Å². The minimum Gasteiger partial charge on any atom is -0.303 e. The molecule has 0 fully saturated rings. The van der Waals surface area contributed by atoms with Gasteiger partial charge in [-0.1, -0.05) is 0 Å². The van der Waals surface area contributed by atoms with E-state index in [4.69, 9.17) is 0 Å². The average molecular weight is 215 g/mol. The normalized spacial score (nSPS) is 12.3. The number of hydrogen-bond acceptors (Lipinski definition) is 5. The molecule has 2 aromatic heterocycles.